The second-order valence-electron chi connectivity index (χ2n) is 10.8. The fourth-order valence-corrected chi connectivity index (χ4v) is 5.60. The normalized spacial score (nSPS) is 18.3. The molecule has 2 saturated heterocycles. The van der Waals surface area contributed by atoms with Crippen molar-refractivity contribution in [2.45, 2.75) is 25.7 Å². The molecule has 11 nitrogen and oxygen atoms in total. The third kappa shape index (κ3) is 6.16. The highest BCUT2D eigenvalue weighted by Crippen LogP contribution is 2.39. The summed E-state index contributed by atoms with van der Waals surface area (Å²) in [6, 6.07) is 18.9. The van der Waals surface area contributed by atoms with Gasteiger partial charge in [0.2, 0.25) is 0 Å². The minimum Gasteiger partial charge on any atom is -0.354 e. The molecule has 0 saturated carbocycles. The van der Waals surface area contributed by atoms with Crippen LogP contribution in [0.25, 0.3) is 17.3 Å². The molecule has 3 aliphatic heterocycles. The molecule has 0 radical (unpaired) electrons. The molecule has 43 heavy (non-hydrogen) atoms. The quantitative estimate of drug-likeness (QED) is 0.124. The van der Waals surface area contributed by atoms with Crippen LogP contribution < -0.4 is 21.3 Å². The van der Waals surface area contributed by atoms with E-state index >= 15 is 0 Å². The van der Waals surface area contributed by atoms with E-state index in [0.29, 0.717) is 33.8 Å². The number of urea groups is 1. The average molecular weight is 579 g/mol. The highest BCUT2D eigenvalue weighted by Gasteiger charge is 2.30. The van der Waals surface area contributed by atoms with Gasteiger partial charge in [-0.2, -0.15) is 0 Å². The number of aryl methyl sites for hydroxylation is 1. The number of carbonyl (C=O) groups is 3. The Labute approximate surface area is 247 Å². The third-order valence-corrected chi connectivity index (χ3v) is 7.80. The Morgan fingerprint density at radius 1 is 0.907 bits per heavy atom. The number of rotatable bonds is 9. The van der Waals surface area contributed by atoms with Crippen LogP contribution in [-0.4, -0.2) is 47.3 Å². The van der Waals surface area contributed by atoms with Crippen molar-refractivity contribution < 1.29 is 19.3 Å². The first-order chi connectivity index (χ1) is 20.8. The van der Waals surface area contributed by atoms with Gasteiger partial charge in [-0.1, -0.05) is 36.4 Å². The minimum absolute atomic E-state index is 0.110. The molecule has 3 aromatic rings. The van der Waals surface area contributed by atoms with Gasteiger partial charge in [0.15, 0.2) is 0 Å². The van der Waals surface area contributed by atoms with Gasteiger partial charge in [-0.25, -0.2) is 4.79 Å². The topological polar surface area (TPSA) is 146 Å². The van der Waals surface area contributed by atoms with E-state index in [9.17, 15) is 24.5 Å². The number of imide groups is 1. The summed E-state index contributed by atoms with van der Waals surface area (Å²) in [7, 11) is 0. The van der Waals surface area contributed by atoms with Crippen molar-refractivity contribution >= 4 is 52.3 Å². The van der Waals surface area contributed by atoms with Crippen LogP contribution in [0.3, 0.4) is 0 Å². The maximum absolute atomic E-state index is 13.3. The highest BCUT2D eigenvalue weighted by molar-refractivity contribution is 6.37. The Morgan fingerprint density at radius 2 is 1.65 bits per heavy atom. The van der Waals surface area contributed by atoms with Crippen LogP contribution in [0, 0.1) is 10.1 Å². The van der Waals surface area contributed by atoms with E-state index in [0.717, 1.165) is 24.9 Å². The number of benzene rings is 3. The van der Waals surface area contributed by atoms with Gasteiger partial charge >= 0.3 is 6.03 Å². The number of carbonyl (C=O) groups excluding carboxylic acids is 3. The molecule has 6 rings (SSSR count). The summed E-state index contributed by atoms with van der Waals surface area (Å²) in [6.07, 6.45) is 6.12. The van der Waals surface area contributed by atoms with E-state index in [-0.39, 0.29) is 17.3 Å². The van der Waals surface area contributed by atoms with Crippen LogP contribution in [0.2, 0.25) is 0 Å². The molecule has 3 aromatic carbocycles. The molecule has 0 spiro atoms. The number of hydrogen-bond donors (Lipinski definition) is 4. The van der Waals surface area contributed by atoms with E-state index in [2.05, 4.69) is 38.3 Å². The first kappa shape index (κ1) is 27.9. The fraction of sp³-hybridized carbons (Fsp3) is 0.219. The number of non-ortho nitro benzene ring substituents is 1. The molecule has 4 amide bonds. The minimum atomic E-state index is -0.571. The van der Waals surface area contributed by atoms with Crippen LogP contribution in [0.1, 0.15) is 41.5 Å². The maximum atomic E-state index is 13.3. The molecular formula is C32H30N6O5. The first-order valence-electron chi connectivity index (χ1n) is 14.2. The van der Waals surface area contributed by atoms with Crippen molar-refractivity contribution in [3.63, 3.8) is 0 Å². The van der Waals surface area contributed by atoms with E-state index in [1.165, 1.54) is 43.6 Å². The monoisotopic (exact) mass is 578 g/mol. The predicted octanol–water partition coefficient (Wildman–Crippen LogP) is 4.74. The Hall–Kier alpha value is -5.29. The molecule has 0 aliphatic carbocycles. The molecule has 11 heteroatoms. The lowest BCUT2D eigenvalue weighted by atomic mass is 9.98. The van der Waals surface area contributed by atoms with Crippen LogP contribution in [0.5, 0.6) is 0 Å². The van der Waals surface area contributed by atoms with Crippen molar-refractivity contribution in [3.8, 4) is 0 Å². The number of likely N-dealkylation sites (tertiary alicyclic amines) is 1. The fourth-order valence-electron chi connectivity index (χ4n) is 5.60. The molecule has 0 unspecified atom stereocenters. The van der Waals surface area contributed by atoms with E-state index in [1.54, 1.807) is 36.4 Å². The zero-order valence-corrected chi connectivity index (χ0v) is 23.3. The van der Waals surface area contributed by atoms with Crippen molar-refractivity contribution in [3.05, 3.63) is 105 Å². The van der Waals surface area contributed by atoms with Crippen LogP contribution in [0.15, 0.2) is 72.4 Å². The van der Waals surface area contributed by atoms with Crippen LogP contribution in [0.4, 0.5) is 21.9 Å². The summed E-state index contributed by atoms with van der Waals surface area (Å²) in [6.45, 7) is 3.43. The summed E-state index contributed by atoms with van der Waals surface area (Å²) in [5.41, 5.74) is 5.09. The second kappa shape index (κ2) is 11.9. The van der Waals surface area contributed by atoms with Gasteiger partial charge in [-0.3, -0.25) is 25.0 Å². The number of nitro benzene ring substituents is 1. The number of nitrogens with one attached hydrogen (secondary N) is 4. The molecule has 0 aromatic heterocycles. The standard InChI is InChI=1S/C32H30N6O5/c39-30-27(35-32(41)36-30)18-21-7-11-23(12-8-21)33-29(28-25-19-24(38(42)43)13-14-26(25)34-31(28)40)22-9-5-20(6-10-22)4-3-17-37-15-1-2-16-37/h5-14,18-19,33H,1-4,15-17H2,(H,34,40)(H2,35,36,39,41)/b27-18-,29-28?. The van der Waals surface area contributed by atoms with Crippen molar-refractivity contribution in [2.24, 2.45) is 0 Å². The molecule has 2 fully saturated rings. The van der Waals surface area contributed by atoms with Gasteiger partial charge in [0.05, 0.1) is 16.2 Å². The number of amides is 4. The maximum Gasteiger partial charge on any atom is 0.326 e. The number of fused-ring (bicyclic) bond motifs is 1. The summed E-state index contributed by atoms with van der Waals surface area (Å²) in [4.78, 5) is 50.1. The van der Waals surface area contributed by atoms with Crippen LogP contribution in [-0.2, 0) is 16.0 Å². The van der Waals surface area contributed by atoms with Gasteiger partial charge in [0, 0.05) is 29.1 Å². The van der Waals surface area contributed by atoms with Gasteiger partial charge < -0.3 is 20.9 Å². The number of nitrogens with zero attached hydrogens (tertiary/aromatic N) is 2. The Kier molecular flexibility index (Phi) is 7.71. The zero-order valence-electron chi connectivity index (χ0n) is 23.3. The van der Waals surface area contributed by atoms with E-state index in [1.807, 2.05) is 12.1 Å². The molecular weight excluding hydrogens is 548 g/mol. The first-order valence-corrected chi connectivity index (χ1v) is 14.2. The molecule has 3 heterocycles. The molecule has 3 aliphatic rings. The number of nitro groups is 1. The van der Waals surface area contributed by atoms with Gasteiger partial charge in [-0.15, -0.1) is 0 Å². The second-order valence-corrected chi connectivity index (χ2v) is 10.8. The third-order valence-electron chi connectivity index (χ3n) is 7.80. The molecule has 218 valence electrons. The lowest BCUT2D eigenvalue weighted by Crippen LogP contribution is -2.22. The van der Waals surface area contributed by atoms with Crippen molar-refractivity contribution in [1.29, 1.82) is 0 Å². The van der Waals surface area contributed by atoms with E-state index in [4.69, 9.17) is 0 Å². The van der Waals surface area contributed by atoms with Crippen LogP contribution >= 0.6 is 0 Å². The highest BCUT2D eigenvalue weighted by atomic mass is 16.6. The SMILES string of the molecule is O=C1NC(=O)/C(=C/c2ccc(NC(=C3C(=O)Nc4ccc([N+](=O)[O-])cc43)c3ccc(CCCN4CCCC4)cc3)cc2)N1. The van der Waals surface area contributed by atoms with E-state index < -0.39 is 16.9 Å². The summed E-state index contributed by atoms with van der Waals surface area (Å²) >= 11 is 0. The van der Waals surface area contributed by atoms with Gasteiger partial charge in [0.1, 0.15) is 5.70 Å². The number of anilines is 2. The lowest BCUT2D eigenvalue weighted by molar-refractivity contribution is -0.384. The average Bonchev–Trinajstić information content (AvgIpc) is 3.71. The molecule has 0 atom stereocenters. The van der Waals surface area contributed by atoms with Gasteiger partial charge in [-0.05, 0) is 86.3 Å². The summed E-state index contributed by atoms with van der Waals surface area (Å²) in [5.74, 6) is -0.865. The Balaban J connectivity index is 1.31. The van der Waals surface area contributed by atoms with Crippen molar-refractivity contribution in [2.75, 3.05) is 30.3 Å². The summed E-state index contributed by atoms with van der Waals surface area (Å²) < 4.78 is 0. The number of hydrogen-bond acceptors (Lipinski definition) is 7. The lowest BCUT2D eigenvalue weighted by Gasteiger charge is -2.16. The molecule has 0 bridgehead atoms. The Morgan fingerprint density at radius 3 is 2.33 bits per heavy atom. The predicted molar refractivity (Wildman–Crippen MR) is 164 cm³/mol. The molecule has 4 N–H and O–H groups in total. The zero-order chi connectivity index (χ0) is 29.9. The Bertz CT molecular complexity index is 1670. The largest absolute Gasteiger partial charge is 0.354 e. The van der Waals surface area contributed by atoms with Gasteiger partial charge in [0.25, 0.3) is 17.5 Å². The smallest absolute Gasteiger partial charge is 0.326 e. The summed E-state index contributed by atoms with van der Waals surface area (Å²) in [5, 5.41) is 22.4. The van der Waals surface area contributed by atoms with Crippen molar-refractivity contribution in [1.82, 2.24) is 15.5 Å².